The van der Waals surface area contributed by atoms with E-state index in [0.29, 0.717) is 6.61 Å². The van der Waals surface area contributed by atoms with Crippen LogP contribution in [0.5, 0.6) is 5.75 Å². The van der Waals surface area contributed by atoms with E-state index >= 15 is 0 Å². The molecule has 0 bridgehead atoms. The van der Waals surface area contributed by atoms with E-state index in [4.69, 9.17) is 4.74 Å². The highest BCUT2D eigenvalue weighted by atomic mass is 16.5. The zero-order valence-corrected chi connectivity index (χ0v) is 10.1. The molecule has 0 saturated heterocycles. The molecule has 1 saturated carbocycles. The van der Waals surface area contributed by atoms with E-state index in [9.17, 15) is 0 Å². The second-order valence-corrected chi connectivity index (χ2v) is 4.22. The van der Waals surface area contributed by atoms with Crippen molar-refractivity contribution in [3.05, 3.63) is 48.6 Å². The van der Waals surface area contributed by atoms with Crippen molar-refractivity contribution in [3.8, 4) is 5.75 Å². The molecule has 0 amide bonds. The minimum Gasteiger partial charge on any atom is -0.489 e. The highest BCUT2D eigenvalue weighted by Crippen LogP contribution is 2.20. The fourth-order valence-corrected chi connectivity index (χ4v) is 1.61. The Morgan fingerprint density at radius 3 is 2.94 bits per heavy atom. The summed E-state index contributed by atoms with van der Waals surface area (Å²) in [6.45, 7) is 5.13. The lowest BCUT2D eigenvalue weighted by molar-refractivity contribution is 0.362. The summed E-state index contributed by atoms with van der Waals surface area (Å²) < 4.78 is 5.59. The lowest BCUT2D eigenvalue weighted by Gasteiger charge is -2.06. The van der Waals surface area contributed by atoms with E-state index < -0.39 is 0 Å². The van der Waals surface area contributed by atoms with Gasteiger partial charge in [-0.05, 0) is 18.9 Å². The summed E-state index contributed by atoms with van der Waals surface area (Å²) in [5.41, 5.74) is 1.12. The van der Waals surface area contributed by atoms with E-state index in [1.54, 1.807) is 6.08 Å². The fraction of sp³-hybridized carbons (Fsp3) is 0.333. The third-order valence-electron chi connectivity index (χ3n) is 2.67. The van der Waals surface area contributed by atoms with E-state index in [1.807, 2.05) is 18.2 Å². The van der Waals surface area contributed by atoms with E-state index in [2.05, 4.69) is 30.1 Å². The Kier molecular flexibility index (Phi) is 4.39. The third kappa shape index (κ3) is 4.08. The van der Waals surface area contributed by atoms with Gasteiger partial charge in [0.25, 0.3) is 0 Å². The molecule has 2 heteroatoms. The molecule has 0 atom stereocenters. The Morgan fingerprint density at radius 2 is 2.18 bits per heavy atom. The fourth-order valence-electron chi connectivity index (χ4n) is 1.61. The summed E-state index contributed by atoms with van der Waals surface area (Å²) in [5.74, 6) is 0.912. The minimum atomic E-state index is 0.547. The van der Waals surface area contributed by atoms with Crippen molar-refractivity contribution in [2.75, 3.05) is 13.2 Å². The molecule has 17 heavy (non-hydrogen) atoms. The van der Waals surface area contributed by atoms with Gasteiger partial charge in [-0.25, -0.2) is 0 Å². The SMILES string of the molecule is C=CCOc1ccccc1C=CCNC1CC1. The Hall–Kier alpha value is -1.54. The topological polar surface area (TPSA) is 21.3 Å². The van der Waals surface area contributed by atoms with Gasteiger partial charge in [-0.15, -0.1) is 0 Å². The maximum Gasteiger partial charge on any atom is 0.126 e. The maximum atomic E-state index is 5.59. The molecular weight excluding hydrogens is 210 g/mol. The molecule has 0 heterocycles. The first-order chi connectivity index (χ1) is 8.40. The lowest BCUT2D eigenvalue weighted by Crippen LogP contribution is -2.15. The Labute approximate surface area is 103 Å². The Balaban J connectivity index is 1.90. The summed E-state index contributed by atoms with van der Waals surface area (Å²) in [6.07, 6.45) is 8.66. The van der Waals surface area contributed by atoms with Gasteiger partial charge in [0.2, 0.25) is 0 Å². The van der Waals surface area contributed by atoms with Crippen molar-refractivity contribution >= 4 is 6.08 Å². The molecule has 0 aromatic heterocycles. The Bertz CT molecular complexity index is 394. The normalized spacial score (nSPS) is 15.1. The van der Waals surface area contributed by atoms with Crippen LogP contribution in [0.1, 0.15) is 18.4 Å². The molecule has 1 N–H and O–H groups in total. The van der Waals surface area contributed by atoms with Crippen molar-refractivity contribution in [2.45, 2.75) is 18.9 Å². The molecule has 0 aliphatic heterocycles. The van der Waals surface area contributed by atoms with Crippen LogP contribution in [0.4, 0.5) is 0 Å². The van der Waals surface area contributed by atoms with Gasteiger partial charge in [-0.3, -0.25) is 0 Å². The molecule has 0 unspecified atom stereocenters. The molecule has 90 valence electrons. The van der Waals surface area contributed by atoms with Gasteiger partial charge in [-0.1, -0.05) is 43.0 Å². The van der Waals surface area contributed by atoms with E-state index in [1.165, 1.54) is 12.8 Å². The van der Waals surface area contributed by atoms with Crippen LogP contribution in [0.2, 0.25) is 0 Å². The van der Waals surface area contributed by atoms with Gasteiger partial charge in [-0.2, -0.15) is 0 Å². The lowest BCUT2D eigenvalue weighted by atomic mass is 10.2. The molecule has 2 rings (SSSR count). The van der Waals surface area contributed by atoms with Crippen LogP contribution in [0.25, 0.3) is 6.08 Å². The predicted octanol–water partition coefficient (Wildman–Crippen LogP) is 3.02. The molecule has 0 radical (unpaired) electrons. The smallest absolute Gasteiger partial charge is 0.126 e. The van der Waals surface area contributed by atoms with Gasteiger partial charge < -0.3 is 10.1 Å². The standard InChI is InChI=1S/C15H19NO/c1-2-12-17-15-8-4-3-6-13(15)7-5-11-16-14-9-10-14/h2-8,14,16H,1,9-12H2. The van der Waals surface area contributed by atoms with Crippen molar-refractivity contribution in [1.29, 1.82) is 0 Å². The van der Waals surface area contributed by atoms with Crippen LogP contribution in [0, 0.1) is 0 Å². The van der Waals surface area contributed by atoms with Gasteiger partial charge in [0.1, 0.15) is 12.4 Å². The molecule has 1 aliphatic carbocycles. The molecular formula is C15H19NO. The molecule has 1 aromatic carbocycles. The average Bonchev–Trinajstić information content (AvgIpc) is 3.17. The molecule has 1 aliphatic rings. The predicted molar refractivity (Wildman–Crippen MR) is 72.2 cm³/mol. The zero-order chi connectivity index (χ0) is 11.9. The van der Waals surface area contributed by atoms with Crippen LogP contribution < -0.4 is 10.1 Å². The van der Waals surface area contributed by atoms with Crippen LogP contribution >= 0.6 is 0 Å². The number of hydrogen-bond acceptors (Lipinski definition) is 2. The molecule has 1 aromatic rings. The molecule has 0 spiro atoms. The van der Waals surface area contributed by atoms with Crippen molar-refractivity contribution < 1.29 is 4.74 Å². The average molecular weight is 229 g/mol. The third-order valence-corrected chi connectivity index (χ3v) is 2.67. The van der Waals surface area contributed by atoms with Gasteiger partial charge in [0.05, 0.1) is 0 Å². The first-order valence-electron chi connectivity index (χ1n) is 6.13. The minimum absolute atomic E-state index is 0.547. The quantitative estimate of drug-likeness (QED) is 0.726. The second-order valence-electron chi connectivity index (χ2n) is 4.22. The second kappa shape index (κ2) is 6.26. The summed E-state index contributed by atoms with van der Waals surface area (Å²) in [7, 11) is 0. The number of rotatable bonds is 7. The Morgan fingerprint density at radius 1 is 1.35 bits per heavy atom. The number of hydrogen-bond donors (Lipinski definition) is 1. The van der Waals surface area contributed by atoms with E-state index in [0.717, 1.165) is 23.9 Å². The van der Waals surface area contributed by atoms with E-state index in [-0.39, 0.29) is 0 Å². The van der Waals surface area contributed by atoms with Crippen molar-refractivity contribution in [2.24, 2.45) is 0 Å². The van der Waals surface area contributed by atoms with Gasteiger partial charge in [0.15, 0.2) is 0 Å². The van der Waals surface area contributed by atoms with Crippen molar-refractivity contribution in [1.82, 2.24) is 5.32 Å². The molecule has 1 fully saturated rings. The summed E-state index contributed by atoms with van der Waals surface area (Å²) in [4.78, 5) is 0. The largest absolute Gasteiger partial charge is 0.489 e. The zero-order valence-electron chi connectivity index (χ0n) is 10.1. The summed E-state index contributed by atoms with van der Waals surface area (Å²) in [6, 6.07) is 8.81. The van der Waals surface area contributed by atoms with Crippen LogP contribution in [0.3, 0.4) is 0 Å². The van der Waals surface area contributed by atoms with Gasteiger partial charge >= 0.3 is 0 Å². The maximum absolute atomic E-state index is 5.59. The first-order valence-corrected chi connectivity index (χ1v) is 6.13. The van der Waals surface area contributed by atoms with Crippen LogP contribution in [-0.4, -0.2) is 19.2 Å². The monoisotopic (exact) mass is 229 g/mol. The highest BCUT2D eigenvalue weighted by molar-refractivity contribution is 5.57. The highest BCUT2D eigenvalue weighted by Gasteiger charge is 2.18. The van der Waals surface area contributed by atoms with Crippen LogP contribution in [-0.2, 0) is 0 Å². The summed E-state index contributed by atoms with van der Waals surface area (Å²) in [5, 5.41) is 3.45. The molecule has 2 nitrogen and oxygen atoms in total. The number of nitrogens with one attached hydrogen (secondary N) is 1. The number of ether oxygens (including phenoxy) is 1. The first kappa shape index (κ1) is 11.9. The van der Waals surface area contributed by atoms with Gasteiger partial charge in [0, 0.05) is 18.2 Å². The van der Waals surface area contributed by atoms with Crippen LogP contribution in [0.15, 0.2) is 43.0 Å². The number of benzene rings is 1. The number of para-hydroxylation sites is 1. The van der Waals surface area contributed by atoms with Crippen molar-refractivity contribution in [3.63, 3.8) is 0 Å². The summed E-state index contributed by atoms with van der Waals surface area (Å²) >= 11 is 0.